The van der Waals surface area contributed by atoms with E-state index in [2.05, 4.69) is 0 Å². The average molecular weight is 245 g/mol. The molecule has 0 aromatic carbocycles. The van der Waals surface area contributed by atoms with Crippen molar-refractivity contribution in [2.24, 2.45) is 0 Å². The molecule has 0 saturated heterocycles. The highest BCUT2D eigenvalue weighted by atomic mass is 32.2. The van der Waals surface area contributed by atoms with E-state index in [-0.39, 0.29) is 18.2 Å². The lowest BCUT2D eigenvalue weighted by atomic mass is 10.2. The summed E-state index contributed by atoms with van der Waals surface area (Å²) >= 11 is -0.308. The first-order valence-electron chi connectivity index (χ1n) is 3.93. The van der Waals surface area contributed by atoms with Crippen molar-refractivity contribution in [3.8, 4) is 0 Å². The summed E-state index contributed by atoms with van der Waals surface area (Å²) in [7, 11) is 0. The number of aliphatic carboxylic acids is 1. The number of nitrogens with one attached hydrogen (secondary N) is 1. The number of alkyl halides is 3. The molecule has 0 radical (unpaired) electrons. The molecule has 2 N–H and O–H groups in total. The van der Waals surface area contributed by atoms with Crippen LogP contribution in [0.25, 0.3) is 0 Å². The van der Waals surface area contributed by atoms with Crippen LogP contribution in [0.4, 0.5) is 13.2 Å². The molecule has 0 fully saturated rings. The number of carbonyl (C=O) groups excluding carboxylic acids is 1. The standard InChI is InChI=1S/C7H10F3NO3S/c1-4(12)11-5(6(13)14)2-3-15-7(8,9)10/h5H,2-3H2,1H3,(H,11,12)(H,13,14)/t5-/m1/s1. The Morgan fingerprint density at radius 3 is 2.33 bits per heavy atom. The number of amides is 1. The summed E-state index contributed by atoms with van der Waals surface area (Å²) in [4.78, 5) is 21.0. The van der Waals surface area contributed by atoms with Gasteiger partial charge in [0.15, 0.2) is 0 Å². The fourth-order valence-electron chi connectivity index (χ4n) is 0.795. The SMILES string of the molecule is CC(=O)N[C@H](CCSC(F)(F)F)C(=O)O. The maximum absolute atomic E-state index is 11.7. The minimum Gasteiger partial charge on any atom is -0.480 e. The normalized spacial score (nSPS) is 13.3. The third-order valence-electron chi connectivity index (χ3n) is 1.35. The van der Waals surface area contributed by atoms with E-state index in [9.17, 15) is 22.8 Å². The molecule has 0 aliphatic heterocycles. The van der Waals surface area contributed by atoms with E-state index < -0.39 is 29.2 Å². The predicted octanol–water partition coefficient (Wildman–Crippen LogP) is 1.22. The van der Waals surface area contributed by atoms with Gasteiger partial charge in [0, 0.05) is 12.7 Å². The molecule has 8 heteroatoms. The van der Waals surface area contributed by atoms with Crippen LogP contribution in [0.2, 0.25) is 0 Å². The van der Waals surface area contributed by atoms with Crippen LogP contribution in [0.3, 0.4) is 0 Å². The van der Waals surface area contributed by atoms with Gasteiger partial charge in [0.1, 0.15) is 6.04 Å². The van der Waals surface area contributed by atoms with Crippen molar-refractivity contribution in [2.75, 3.05) is 5.75 Å². The summed E-state index contributed by atoms with van der Waals surface area (Å²) in [6, 6.07) is -1.27. The number of hydrogen-bond donors (Lipinski definition) is 2. The fourth-order valence-corrected chi connectivity index (χ4v) is 1.38. The molecule has 0 spiro atoms. The van der Waals surface area contributed by atoms with E-state index in [1.165, 1.54) is 0 Å². The fraction of sp³-hybridized carbons (Fsp3) is 0.714. The molecule has 0 rings (SSSR count). The summed E-state index contributed by atoms with van der Waals surface area (Å²) in [5, 5.41) is 10.6. The molecule has 1 atom stereocenters. The van der Waals surface area contributed by atoms with Crippen LogP contribution in [-0.2, 0) is 9.59 Å². The van der Waals surface area contributed by atoms with Crippen molar-refractivity contribution in [3.63, 3.8) is 0 Å². The third-order valence-corrected chi connectivity index (χ3v) is 2.11. The van der Waals surface area contributed by atoms with Gasteiger partial charge in [0.2, 0.25) is 5.91 Å². The van der Waals surface area contributed by atoms with Crippen molar-refractivity contribution in [3.05, 3.63) is 0 Å². The Morgan fingerprint density at radius 1 is 1.47 bits per heavy atom. The average Bonchev–Trinajstić information content (AvgIpc) is 1.99. The van der Waals surface area contributed by atoms with Gasteiger partial charge in [-0.25, -0.2) is 4.79 Å². The largest absolute Gasteiger partial charge is 0.480 e. The van der Waals surface area contributed by atoms with E-state index in [0.29, 0.717) is 0 Å². The van der Waals surface area contributed by atoms with E-state index in [0.717, 1.165) is 6.92 Å². The van der Waals surface area contributed by atoms with Crippen molar-refractivity contribution in [1.29, 1.82) is 0 Å². The first-order chi connectivity index (χ1) is 6.72. The van der Waals surface area contributed by atoms with Gasteiger partial charge in [-0.05, 0) is 6.42 Å². The highest BCUT2D eigenvalue weighted by molar-refractivity contribution is 8.00. The number of halogens is 3. The van der Waals surface area contributed by atoms with E-state index in [1.807, 2.05) is 5.32 Å². The number of rotatable bonds is 5. The van der Waals surface area contributed by atoms with Crippen molar-refractivity contribution >= 4 is 23.6 Å². The van der Waals surface area contributed by atoms with Crippen LogP contribution < -0.4 is 5.32 Å². The van der Waals surface area contributed by atoms with Crippen LogP contribution in [0.15, 0.2) is 0 Å². The molecular formula is C7H10F3NO3S. The van der Waals surface area contributed by atoms with Crippen molar-refractivity contribution in [2.45, 2.75) is 24.9 Å². The second-order valence-electron chi connectivity index (χ2n) is 2.67. The Morgan fingerprint density at radius 2 is 2.00 bits per heavy atom. The summed E-state index contributed by atoms with van der Waals surface area (Å²) in [5.41, 5.74) is -4.38. The zero-order chi connectivity index (χ0) is 12.1. The summed E-state index contributed by atoms with van der Waals surface area (Å²) in [6.45, 7) is 1.10. The molecule has 0 aliphatic rings. The minimum atomic E-state index is -4.38. The highest BCUT2D eigenvalue weighted by Crippen LogP contribution is 2.30. The van der Waals surface area contributed by atoms with Gasteiger partial charge in [-0.1, -0.05) is 11.8 Å². The molecule has 4 nitrogen and oxygen atoms in total. The van der Waals surface area contributed by atoms with Crippen molar-refractivity contribution < 1.29 is 27.9 Å². The number of hydrogen-bond acceptors (Lipinski definition) is 3. The third kappa shape index (κ3) is 8.10. The van der Waals surface area contributed by atoms with Crippen LogP contribution in [-0.4, -0.2) is 34.3 Å². The molecule has 0 heterocycles. The molecule has 0 aromatic heterocycles. The Balaban J connectivity index is 3.98. The lowest BCUT2D eigenvalue weighted by Gasteiger charge is -2.13. The molecular weight excluding hydrogens is 235 g/mol. The van der Waals surface area contributed by atoms with Gasteiger partial charge in [-0.3, -0.25) is 4.79 Å². The van der Waals surface area contributed by atoms with Gasteiger partial charge in [0.25, 0.3) is 0 Å². The highest BCUT2D eigenvalue weighted by Gasteiger charge is 2.29. The van der Waals surface area contributed by atoms with Crippen LogP contribution >= 0.6 is 11.8 Å². The van der Waals surface area contributed by atoms with E-state index >= 15 is 0 Å². The Kier molecular flexibility index (Phi) is 5.48. The minimum absolute atomic E-state index is 0.265. The van der Waals surface area contributed by atoms with E-state index in [1.54, 1.807) is 0 Å². The Labute approximate surface area is 88.2 Å². The maximum Gasteiger partial charge on any atom is 0.441 e. The van der Waals surface area contributed by atoms with E-state index in [4.69, 9.17) is 5.11 Å². The molecule has 88 valence electrons. The number of carboxylic acid groups (broad SMARTS) is 1. The lowest BCUT2D eigenvalue weighted by Crippen LogP contribution is -2.40. The second-order valence-corrected chi connectivity index (χ2v) is 3.83. The summed E-state index contributed by atoms with van der Waals surface area (Å²) in [5.74, 6) is -2.33. The smallest absolute Gasteiger partial charge is 0.441 e. The second kappa shape index (κ2) is 5.84. The number of carbonyl (C=O) groups is 2. The lowest BCUT2D eigenvalue weighted by molar-refractivity contribution is -0.141. The van der Waals surface area contributed by atoms with Gasteiger partial charge in [-0.15, -0.1) is 0 Å². The quantitative estimate of drug-likeness (QED) is 0.764. The molecule has 15 heavy (non-hydrogen) atoms. The van der Waals surface area contributed by atoms with Gasteiger partial charge in [-0.2, -0.15) is 13.2 Å². The van der Waals surface area contributed by atoms with Crippen LogP contribution in [0.1, 0.15) is 13.3 Å². The Bertz CT molecular complexity index is 244. The van der Waals surface area contributed by atoms with Gasteiger partial charge in [0.05, 0.1) is 0 Å². The summed E-state index contributed by atoms with van der Waals surface area (Å²) in [6.07, 6.45) is -0.265. The monoisotopic (exact) mass is 245 g/mol. The predicted molar refractivity (Wildman–Crippen MR) is 48.4 cm³/mol. The Hall–Kier alpha value is -0.920. The summed E-state index contributed by atoms with van der Waals surface area (Å²) < 4.78 is 35.1. The number of thioether (sulfide) groups is 1. The molecule has 0 unspecified atom stereocenters. The zero-order valence-corrected chi connectivity index (χ0v) is 8.61. The van der Waals surface area contributed by atoms with Crippen LogP contribution in [0, 0.1) is 0 Å². The van der Waals surface area contributed by atoms with Crippen LogP contribution in [0.5, 0.6) is 0 Å². The zero-order valence-electron chi connectivity index (χ0n) is 7.80. The van der Waals surface area contributed by atoms with Crippen molar-refractivity contribution in [1.82, 2.24) is 5.32 Å². The number of carboxylic acids is 1. The first kappa shape index (κ1) is 14.1. The molecule has 0 bridgehead atoms. The van der Waals surface area contributed by atoms with Gasteiger partial charge < -0.3 is 10.4 Å². The maximum atomic E-state index is 11.7. The van der Waals surface area contributed by atoms with Gasteiger partial charge >= 0.3 is 11.5 Å². The molecule has 0 aromatic rings. The topological polar surface area (TPSA) is 66.4 Å². The first-order valence-corrected chi connectivity index (χ1v) is 4.91. The molecule has 1 amide bonds. The molecule has 0 saturated carbocycles. The molecule has 0 aliphatic carbocycles.